The number of hydrogen-bond acceptors (Lipinski definition) is 5. The van der Waals surface area contributed by atoms with Crippen molar-refractivity contribution in [2.75, 3.05) is 26.2 Å². The summed E-state index contributed by atoms with van der Waals surface area (Å²) in [7, 11) is 0. The summed E-state index contributed by atoms with van der Waals surface area (Å²) in [5.74, 6) is -0.204. The summed E-state index contributed by atoms with van der Waals surface area (Å²) in [6.45, 7) is 3.90. The van der Waals surface area contributed by atoms with Gasteiger partial charge in [-0.1, -0.05) is 6.07 Å². The van der Waals surface area contributed by atoms with Gasteiger partial charge in [0.25, 0.3) is 5.91 Å². The number of piperazine rings is 1. The molecule has 1 amide bonds. The largest absolute Gasteiger partial charge is 0.370 e. The molecule has 1 saturated heterocycles. The average Bonchev–Trinajstić information content (AvgIpc) is 2.41. The van der Waals surface area contributed by atoms with Crippen molar-refractivity contribution >= 4 is 5.91 Å². The maximum atomic E-state index is 12.0. The van der Waals surface area contributed by atoms with Crippen LogP contribution in [0.5, 0.6) is 0 Å². The minimum absolute atomic E-state index is 0.204. The Morgan fingerprint density at radius 1 is 1.26 bits per heavy atom. The highest BCUT2D eigenvalue weighted by atomic mass is 16.3. The molecule has 1 aromatic heterocycles. The fourth-order valence-corrected chi connectivity index (χ4v) is 2.54. The molecular formula is C13H18N4O2. The second-order valence-electron chi connectivity index (χ2n) is 4.97. The topological polar surface area (TPSA) is 68.7 Å². The van der Waals surface area contributed by atoms with Crippen molar-refractivity contribution in [1.29, 1.82) is 0 Å². The highest BCUT2D eigenvalue weighted by Crippen LogP contribution is 2.13. The van der Waals surface area contributed by atoms with Crippen molar-refractivity contribution in [3.05, 3.63) is 29.6 Å². The molecule has 1 aromatic rings. The van der Waals surface area contributed by atoms with E-state index in [9.17, 15) is 9.90 Å². The Morgan fingerprint density at radius 2 is 2.11 bits per heavy atom. The number of hydrogen-bond donors (Lipinski definition) is 2. The highest BCUT2D eigenvalue weighted by Gasteiger charge is 2.33. The lowest BCUT2D eigenvalue weighted by Gasteiger charge is -2.38. The van der Waals surface area contributed by atoms with Gasteiger partial charge in [0, 0.05) is 39.3 Å². The molecular weight excluding hydrogens is 244 g/mol. The molecule has 2 N–H and O–H groups in total. The van der Waals surface area contributed by atoms with Gasteiger partial charge in [-0.25, -0.2) is 0 Å². The lowest BCUT2D eigenvalue weighted by Crippen LogP contribution is -2.57. The molecule has 102 valence electrons. The molecule has 19 heavy (non-hydrogen) atoms. The van der Waals surface area contributed by atoms with Gasteiger partial charge in [0.2, 0.25) is 0 Å². The predicted molar refractivity (Wildman–Crippen MR) is 68.9 cm³/mol. The van der Waals surface area contributed by atoms with Gasteiger partial charge >= 0.3 is 0 Å². The number of amides is 1. The second-order valence-corrected chi connectivity index (χ2v) is 4.97. The smallest absolute Gasteiger partial charge is 0.266 e. The fourth-order valence-electron chi connectivity index (χ4n) is 2.54. The van der Waals surface area contributed by atoms with Crippen molar-refractivity contribution in [1.82, 2.24) is 20.1 Å². The van der Waals surface area contributed by atoms with Crippen LogP contribution >= 0.6 is 0 Å². The first kappa shape index (κ1) is 12.5. The third kappa shape index (κ3) is 2.60. The van der Waals surface area contributed by atoms with E-state index in [0.29, 0.717) is 39.3 Å². The normalized spacial score (nSPS) is 27.8. The zero-order valence-electron chi connectivity index (χ0n) is 10.7. The van der Waals surface area contributed by atoms with E-state index in [1.165, 1.54) is 0 Å². The molecule has 0 aliphatic carbocycles. The molecule has 1 fully saturated rings. The lowest BCUT2D eigenvalue weighted by atomic mass is 10.2. The molecule has 4 rings (SSSR count). The van der Waals surface area contributed by atoms with Crippen LogP contribution in [0.1, 0.15) is 11.4 Å². The number of carbonyl (C=O) groups is 1. The van der Waals surface area contributed by atoms with E-state index in [4.69, 9.17) is 0 Å². The first-order chi connectivity index (χ1) is 9.24. The number of fused-ring (bicyclic) bond motifs is 5. The second kappa shape index (κ2) is 5.24. The molecule has 4 heterocycles. The summed E-state index contributed by atoms with van der Waals surface area (Å²) < 4.78 is 0. The SMILES string of the molecule is O=C1C(O)N2CCN1CCNCc1cccc(n1)C2. The number of pyridine rings is 1. The van der Waals surface area contributed by atoms with E-state index in [1.54, 1.807) is 9.80 Å². The van der Waals surface area contributed by atoms with Crippen LogP contribution in [0.25, 0.3) is 0 Å². The molecule has 3 aliphatic heterocycles. The van der Waals surface area contributed by atoms with Crippen molar-refractivity contribution < 1.29 is 9.90 Å². The fraction of sp³-hybridized carbons (Fsp3) is 0.538. The monoisotopic (exact) mass is 262 g/mol. The van der Waals surface area contributed by atoms with Crippen LogP contribution in [0.3, 0.4) is 0 Å². The Hall–Kier alpha value is -1.50. The zero-order chi connectivity index (χ0) is 13.2. The number of aliphatic hydroxyl groups excluding tert-OH is 1. The molecule has 4 bridgehead atoms. The van der Waals surface area contributed by atoms with E-state index >= 15 is 0 Å². The Kier molecular flexibility index (Phi) is 3.46. The van der Waals surface area contributed by atoms with Crippen molar-refractivity contribution in [2.24, 2.45) is 0 Å². The quantitative estimate of drug-likeness (QED) is 0.637. The van der Waals surface area contributed by atoms with Gasteiger partial charge < -0.3 is 15.3 Å². The van der Waals surface area contributed by atoms with Gasteiger partial charge in [-0.3, -0.25) is 14.7 Å². The first-order valence-corrected chi connectivity index (χ1v) is 6.60. The molecule has 0 radical (unpaired) electrons. The molecule has 0 aromatic carbocycles. The molecule has 6 nitrogen and oxygen atoms in total. The summed E-state index contributed by atoms with van der Waals surface area (Å²) in [5, 5.41) is 13.3. The van der Waals surface area contributed by atoms with Crippen molar-refractivity contribution in [3.63, 3.8) is 0 Å². The van der Waals surface area contributed by atoms with Crippen LogP contribution in [0.2, 0.25) is 0 Å². The van der Waals surface area contributed by atoms with Gasteiger partial charge in [-0.2, -0.15) is 0 Å². The maximum absolute atomic E-state index is 12.0. The van der Waals surface area contributed by atoms with Gasteiger partial charge in [-0.15, -0.1) is 0 Å². The summed E-state index contributed by atoms with van der Waals surface area (Å²) in [6, 6.07) is 5.88. The summed E-state index contributed by atoms with van der Waals surface area (Å²) in [4.78, 5) is 20.1. The van der Waals surface area contributed by atoms with Crippen LogP contribution < -0.4 is 5.32 Å². The molecule has 6 heteroatoms. The number of nitrogens with zero attached hydrogens (tertiary/aromatic N) is 3. The first-order valence-electron chi connectivity index (χ1n) is 6.60. The average molecular weight is 262 g/mol. The summed E-state index contributed by atoms with van der Waals surface area (Å²) in [5.41, 5.74) is 1.88. The van der Waals surface area contributed by atoms with Crippen molar-refractivity contribution in [3.8, 4) is 0 Å². The van der Waals surface area contributed by atoms with Gasteiger partial charge in [0.05, 0.1) is 11.4 Å². The van der Waals surface area contributed by atoms with Crippen LogP contribution in [0.15, 0.2) is 18.2 Å². The zero-order valence-corrected chi connectivity index (χ0v) is 10.7. The number of carbonyl (C=O) groups excluding carboxylic acids is 1. The van der Waals surface area contributed by atoms with E-state index < -0.39 is 6.23 Å². The van der Waals surface area contributed by atoms with E-state index in [1.807, 2.05) is 18.2 Å². The van der Waals surface area contributed by atoms with Gasteiger partial charge in [-0.05, 0) is 12.1 Å². The minimum atomic E-state index is -1.04. The standard InChI is InChI=1S/C13H18N4O2/c18-12-13(19)17-7-6-16(12)5-4-14-8-10-2-1-3-11(9-17)15-10/h1-3,13-14,19H,4-9H2. The number of nitrogens with one attached hydrogen (secondary N) is 1. The van der Waals surface area contributed by atoms with E-state index in [-0.39, 0.29) is 5.91 Å². The van der Waals surface area contributed by atoms with E-state index in [0.717, 1.165) is 11.4 Å². The maximum Gasteiger partial charge on any atom is 0.266 e. The van der Waals surface area contributed by atoms with Crippen LogP contribution in [0.4, 0.5) is 0 Å². The van der Waals surface area contributed by atoms with E-state index in [2.05, 4.69) is 10.3 Å². The summed E-state index contributed by atoms with van der Waals surface area (Å²) >= 11 is 0. The number of rotatable bonds is 0. The highest BCUT2D eigenvalue weighted by molar-refractivity contribution is 5.81. The van der Waals surface area contributed by atoms with Crippen LogP contribution in [-0.2, 0) is 17.9 Å². The van der Waals surface area contributed by atoms with Crippen molar-refractivity contribution in [2.45, 2.75) is 19.3 Å². The minimum Gasteiger partial charge on any atom is -0.370 e. The molecule has 0 saturated carbocycles. The van der Waals surface area contributed by atoms with Crippen LogP contribution in [-0.4, -0.2) is 58.2 Å². The third-order valence-corrected chi connectivity index (χ3v) is 3.63. The predicted octanol–water partition coefficient (Wildman–Crippen LogP) is -0.853. The number of aliphatic hydroxyl groups is 1. The summed E-state index contributed by atoms with van der Waals surface area (Å²) in [6.07, 6.45) is -1.04. The molecule has 3 aliphatic rings. The number of aromatic nitrogens is 1. The van der Waals surface area contributed by atoms with Crippen LogP contribution in [0, 0.1) is 0 Å². The Bertz CT molecular complexity index is 477. The van der Waals surface area contributed by atoms with Gasteiger partial charge in [0.1, 0.15) is 0 Å². The molecule has 0 spiro atoms. The van der Waals surface area contributed by atoms with Gasteiger partial charge in [0.15, 0.2) is 6.23 Å². The molecule has 2 atom stereocenters. The lowest BCUT2D eigenvalue weighted by molar-refractivity contribution is -0.159. The molecule has 2 unspecified atom stereocenters. The Labute approximate surface area is 112 Å². The Balaban J connectivity index is 1.88. The Morgan fingerprint density at radius 3 is 3.00 bits per heavy atom. The third-order valence-electron chi connectivity index (χ3n) is 3.63.